The average molecular weight is 406 g/mol. The second-order valence-corrected chi connectivity index (χ2v) is 7.20. The summed E-state index contributed by atoms with van der Waals surface area (Å²) in [6, 6.07) is 12.0. The number of aliphatic hydroxyl groups is 1. The van der Waals surface area contributed by atoms with E-state index < -0.39 is 11.7 Å². The van der Waals surface area contributed by atoms with Gasteiger partial charge in [-0.25, -0.2) is 19.5 Å². The molecule has 0 amide bonds. The van der Waals surface area contributed by atoms with Crippen molar-refractivity contribution in [3.8, 4) is 0 Å². The third kappa shape index (κ3) is 2.99. The van der Waals surface area contributed by atoms with Gasteiger partial charge in [-0.1, -0.05) is 30.3 Å². The van der Waals surface area contributed by atoms with Crippen LogP contribution in [0.2, 0.25) is 0 Å². The minimum Gasteiger partial charge on any atom is -0.394 e. The number of nitrogens with one attached hydrogen (secondary N) is 2. The number of nitrogens with zero attached hydrogens (tertiary/aromatic N) is 4. The lowest BCUT2D eigenvalue weighted by Gasteiger charge is -2.28. The van der Waals surface area contributed by atoms with Crippen LogP contribution in [0.3, 0.4) is 0 Å². The number of benzene rings is 2. The summed E-state index contributed by atoms with van der Waals surface area (Å²) < 4.78 is 15.9. The van der Waals surface area contributed by atoms with Gasteiger partial charge >= 0.3 is 0 Å². The lowest BCUT2D eigenvalue weighted by Crippen LogP contribution is -2.35. The van der Waals surface area contributed by atoms with Crippen LogP contribution in [-0.2, 0) is 6.54 Å². The second kappa shape index (κ2) is 7.43. The molecule has 0 bridgehead atoms. The summed E-state index contributed by atoms with van der Waals surface area (Å²) in [7, 11) is 0. The minimum atomic E-state index is -0.495. The molecular formula is C21H19FN6O2. The van der Waals surface area contributed by atoms with Crippen LogP contribution in [0.25, 0.3) is 0 Å². The van der Waals surface area contributed by atoms with Gasteiger partial charge in [-0.3, -0.25) is 9.79 Å². The fourth-order valence-corrected chi connectivity index (χ4v) is 4.16. The number of aliphatic imine (C=N–C) groups is 1. The molecule has 3 heterocycles. The molecule has 5 rings (SSSR count). The van der Waals surface area contributed by atoms with Gasteiger partial charge in [0, 0.05) is 11.1 Å². The molecule has 1 aromatic heterocycles. The van der Waals surface area contributed by atoms with Crippen molar-refractivity contribution in [3.05, 3.63) is 77.1 Å². The molecule has 8 nitrogen and oxygen atoms in total. The van der Waals surface area contributed by atoms with Crippen LogP contribution in [0.1, 0.15) is 39.3 Å². The highest BCUT2D eigenvalue weighted by Crippen LogP contribution is 2.40. The Morgan fingerprint density at radius 1 is 1.23 bits per heavy atom. The molecule has 2 atom stereocenters. The van der Waals surface area contributed by atoms with Gasteiger partial charge in [0.15, 0.2) is 5.78 Å². The smallest absolute Gasteiger partial charge is 0.185 e. The monoisotopic (exact) mass is 406 g/mol. The van der Waals surface area contributed by atoms with Crippen LogP contribution in [0.15, 0.2) is 53.8 Å². The van der Waals surface area contributed by atoms with Crippen molar-refractivity contribution in [1.29, 1.82) is 0 Å². The van der Waals surface area contributed by atoms with Gasteiger partial charge in [-0.05, 0) is 17.7 Å². The number of hydrazine groups is 1. The highest BCUT2D eigenvalue weighted by Gasteiger charge is 2.40. The van der Waals surface area contributed by atoms with Gasteiger partial charge in [0.05, 0.1) is 36.5 Å². The van der Waals surface area contributed by atoms with E-state index >= 15 is 0 Å². The standard InChI is InChI=1S/C21H19FN6O2/c22-13-8-14-16(30)10-23-20-17(14)15(9-13)26-27-19(12-4-2-1-3-5-12)18(20)21-24-11-25-28(21)6-7-29/h1-5,8-9,11,18-19,26-27,29H,6-7,10H2. The number of halogens is 1. The van der Waals surface area contributed by atoms with Gasteiger partial charge < -0.3 is 10.5 Å². The maximum absolute atomic E-state index is 14.2. The third-order valence-corrected chi connectivity index (χ3v) is 5.44. The summed E-state index contributed by atoms with van der Waals surface area (Å²) in [6.07, 6.45) is 1.44. The average Bonchev–Trinajstić information content (AvgIpc) is 3.14. The van der Waals surface area contributed by atoms with Crippen molar-refractivity contribution in [2.24, 2.45) is 4.99 Å². The number of carbonyl (C=O) groups is 1. The molecule has 0 fully saturated rings. The number of hydrogen-bond donors (Lipinski definition) is 3. The molecule has 30 heavy (non-hydrogen) atoms. The van der Waals surface area contributed by atoms with Gasteiger partial charge in [0.1, 0.15) is 24.5 Å². The van der Waals surface area contributed by atoms with Crippen molar-refractivity contribution < 1.29 is 14.3 Å². The third-order valence-electron chi connectivity index (χ3n) is 5.44. The number of hydrogen-bond acceptors (Lipinski definition) is 7. The van der Waals surface area contributed by atoms with Crippen LogP contribution < -0.4 is 10.9 Å². The maximum Gasteiger partial charge on any atom is 0.185 e. The van der Waals surface area contributed by atoms with E-state index in [-0.39, 0.29) is 31.5 Å². The van der Waals surface area contributed by atoms with E-state index in [2.05, 4.69) is 25.9 Å². The van der Waals surface area contributed by atoms with E-state index in [0.29, 0.717) is 28.4 Å². The molecule has 0 aliphatic carbocycles. The predicted octanol–water partition coefficient (Wildman–Crippen LogP) is 1.85. The first-order valence-corrected chi connectivity index (χ1v) is 9.64. The Morgan fingerprint density at radius 2 is 2.07 bits per heavy atom. The fraction of sp³-hybridized carbons (Fsp3) is 0.238. The molecule has 0 saturated heterocycles. The van der Waals surface area contributed by atoms with Crippen LogP contribution >= 0.6 is 0 Å². The molecule has 9 heteroatoms. The van der Waals surface area contributed by atoms with Crippen LogP contribution in [-0.4, -0.2) is 44.5 Å². The van der Waals surface area contributed by atoms with E-state index in [1.165, 1.54) is 18.5 Å². The molecule has 0 spiro atoms. The molecule has 0 saturated carbocycles. The Morgan fingerprint density at radius 3 is 2.87 bits per heavy atom. The molecule has 2 unspecified atom stereocenters. The Balaban J connectivity index is 1.75. The van der Waals surface area contributed by atoms with E-state index in [4.69, 9.17) is 0 Å². The van der Waals surface area contributed by atoms with Gasteiger partial charge in [0.25, 0.3) is 0 Å². The zero-order valence-corrected chi connectivity index (χ0v) is 15.9. The summed E-state index contributed by atoms with van der Waals surface area (Å²) in [4.78, 5) is 21.6. The normalized spacial score (nSPS) is 20.2. The van der Waals surface area contributed by atoms with Crippen molar-refractivity contribution in [1.82, 2.24) is 20.2 Å². The number of Topliss-reactive ketones (excluding diaryl/α,β-unsaturated/α-hetero) is 1. The maximum atomic E-state index is 14.2. The number of rotatable bonds is 4. The Labute approximate surface area is 171 Å². The molecule has 152 valence electrons. The van der Waals surface area contributed by atoms with Gasteiger partial charge in [-0.2, -0.15) is 5.10 Å². The highest BCUT2D eigenvalue weighted by atomic mass is 19.1. The van der Waals surface area contributed by atoms with Crippen LogP contribution in [0.4, 0.5) is 10.1 Å². The minimum absolute atomic E-state index is 0.0582. The van der Waals surface area contributed by atoms with Crippen molar-refractivity contribution in [2.45, 2.75) is 18.5 Å². The van der Waals surface area contributed by atoms with E-state index in [1.54, 1.807) is 4.68 Å². The van der Waals surface area contributed by atoms with E-state index in [0.717, 1.165) is 5.56 Å². The highest BCUT2D eigenvalue weighted by molar-refractivity contribution is 6.20. The molecule has 0 radical (unpaired) electrons. The number of aromatic nitrogens is 3. The van der Waals surface area contributed by atoms with Crippen molar-refractivity contribution >= 4 is 17.2 Å². The molecule has 3 N–H and O–H groups in total. The molecule has 2 aliphatic heterocycles. The summed E-state index contributed by atoms with van der Waals surface area (Å²) >= 11 is 0. The van der Waals surface area contributed by atoms with Crippen molar-refractivity contribution in [2.75, 3.05) is 18.6 Å². The summed E-state index contributed by atoms with van der Waals surface area (Å²) in [5, 5.41) is 13.7. The number of aliphatic hydroxyl groups excluding tert-OH is 1. The molecule has 2 aromatic carbocycles. The molecular weight excluding hydrogens is 387 g/mol. The first kappa shape index (κ1) is 18.6. The van der Waals surface area contributed by atoms with E-state index in [9.17, 15) is 14.3 Å². The van der Waals surface area contributed by atoms with Crippen LogP contribution in [0, 0.1) is 5.82 Å². The Bertz CT molecular complexity index is 1140. The zero-order chi connectivity index (χ0) is 20.7. The van der Waals surface area contributed by atoms with Gasteiger partial charge in [0.2, 0.25) is 0 Å². The molecule has 2 aliphatic rings. The summed E-state index contributed by atoms with van der Waals surface area (Å²) in [5.74, 6) is -0.549. The summed E-state index contributed by atoms with van der Waals surface area (Å²) in [5.41, 5.74) is 9.28. The topological polar surface area (TPSA) is 104 Å². The Hall–Kier alpha value is -3.43. The van der Waals surface area contributed by atoms with Crippen LogP contribution in [0.5, 0.6) is 0 Å². The van der Waals surface area contributed by atoms with Crippen molar-refractivity contribution in [3.63, 3.8) is 0 Å². The first-order chi connectivity index (χ1) is 14.7. The summed E-state index contributed by atoms with van der Waals surface area (Å²) in [6.45, 7) is 0.121. The Kier molecular flexibility index (Phi) is 4.61. The lowest BCUT2D eigenvalue weighted by molar-refractivity contribution is 0.0999. The quantitative estimate of drug-likeness (QED) is 0.611. The first-order valence-electron chi connectivity index (χ1n) is 9.64. The zero-order valence-electron chi connectivity index (χ0n) is 15.9. The number of anilines is 1. The van der Waals surface area contributed by atoms with E-state index in [1.807, 2.05) is 30.3 Å². The predicted molar refractivity (Wildman–Crippen MR) is 108 cm³/mol. The largest absolute Gasteiger partial charge is 0.394 e. The second-order valence-electron chi connectivity index (χ2n) is 7.20. The lowest BCUT2D eigenvalue weighted by atomic mass is 9.82. The number of ketones is 1. The fourth-order valence-electron chi connectivity index (χ4n) is 4.16. The molecule has 3 aromatic rings. The number of carbonyl (C=O) groups excluding carboxylic acids is 1. The SMILES string of the molecule is O=C1CN=C2c3c(cc(F)cc31)NNC(c1ccccc1)C2c1ncnn1CCO. The van der Waals surface area contributed by atoms with Gasteiger partial charge in [-0.15, -0.1) is 0 Å².